The first-order valence-corrected chi connectivity index (χ1v) is 9.28. The van der Waals surface area contributed by atoms with Gasteiger partial charge < -0.3 is 0 Å². The van der Waals surface area contributed by atoms with Crippen LogP contribution in [-0.2, 0) is 15.0 Å². The van der Waals surface area contributed by atoms with Gasteiger partial charge in [-0.2, -0.15) is 0 Å². The van der Waals surface area contributed by atoms with Crippen LogP contribution in [0.1, 0.15) is 37.8 Å². The standard InChI is InChI=1S/C21H26N4O2/c1-3-15(19(26)24-22)21(16(4-2)20(27)25-23)17-11-7-5-9-13(17)14-10-6-8-12-18(14)21/h5-12,15-16H,3-4,22-23H2,1-2H3,(H,24,26)(H,25,27). The molecule has 6 N–H and O–H groups in total. The van der Waals surface area contributed by atoms with Crippen LogP contribution in [0.4, 0.5) is 0 Å². The number of benzene rings is 2. The number of hydrazine groups is 2. The first-order chi connectivity index (χ1) is 13.1. The topological polar surface area (TPSA) is 110 Å². The summed E-state index contributed by atoms with van der Waals surface area (Å²) in [4.78, 5) is 25.8. The maximum Gasteiger partial charge on any atom is 0.238 e. The number of hydrogen-bond donors (Lipinski definition) is 4. The molecule has 0 radical (unpaired) electrons. The second-order valence-electron chi connectivity index (χ2n) is 6.90. The second kappa shape index (κ2) is 7.50. The molecule has 6 heteroatoms. The molecule has 2 aromatic rings. The van der Waals surface area contributed by atoms with Crippen LogP contribution in [0.15, 0.2) is 48.5 Å². The maximum atomic E-state index is 12.9. The summed E-state index contributed by atoms with van der Waals surface area (Å²) < 4.78 is 0. The van der Waals surface area contributed by atoms with Gasteiger partial charge in [0.15, 0.2) is 0 Å². The van der Waals surface area contributed by atoms with Crippen molar-refractivity contribution in [2.45, 2.75) is 32.1 Å². The Balaban J connectivity index is 2.44. The molecule has 6 nitrogen and oxygen atoms in total. The van der Waals surface area contributed by atoms with Crippen molar-refractivity contribution in [2.75, 3.05) is 0 Å². The van der Waals surface area contributed by atoms with Gasteiger partial charge in [0.05, 0.1) is 11.8 Å². The molecule has 0 bridgehead atoms. The average Bonchev–Trinajstić information content (AvgIpc) is 3.00. The Kier molecular flexibility index (Phi) is 5.30. The van der Waals surface area contributed by atoms with Crippen molar-refractivity contribution < 1.29 is 9.59 Å². The van der Waals surface area contributed by atoms with E-state index >= 15 is 0 Å². The zero-order valence-corrected chi connectivity index (χ0v) is 15.7. The smallest absolute Gasteiger partial charge is 0.238 e. The number of fused-ring (bicyclic) bond motifs is 3. The summed E-state index contributed by atoms with van der Waals surface area (Å²) in [7, 11) is 0. The molecule has 0 aliphatic heterocycles. The number of nitrogens with one attached hydrogen (secondary N) is 2. The molecule has 2 atom stereocenters. The van der Waals surface area contributed by atoms with Gasteiger partial charge in [-0.3, -0.25) is 20.4 Å². The molecule has 2 unspecified atom stereocenters. The lowest BCUT2D eigenvalue weighted by Crippen LogP contribution is -2.55. The van der Waals surface area contributed by atoms with Gasteiger partial charge in [-0.05, 0) is 35.1 Å². The molecule has 2 amide bonds. The highest BCUT2D eigenvalue weighted by Crippen LogP contribution is 2.58. The minimum absolute atomic E-state index is 0.285. The molecule has 0 saturated heterocycles. The summed E-state index contributed by atoms with van der Waals surface area (Å²) in [6.45, 7) is 3.89. The van der Waals surface area contributed by atoms with Gasteiger partial charge in [0.25, 0.3) is 0 Å². The van der Waals surface area contributed by atoms with Gasteiger partial charge in [-0.25, -0.2) is 11.7 Å². The fourth-order valence-electron chi connectivity index (χ4n) is 4.93. The molecule has 27 heavy (non-hydrogen) atoms. The molecule has 1 aliphatic rings. The van der Waals surface area contributed by atoms with E-state index in [-0.39, 0.29) is 11.8 Å². The summed E-state index contributed by atoms with van der Waals surface area (Å²) in [6, 6.07) is 15.9. The number of nitrogens with two attached hydrogens (primary N) is 2. The van der Waals surface area contributed by atoms with Gasteiger partial charge in [0.2, 0.25) is 11.8 Å². The van der Waals surface area contributed by atoms with E-state index < -0.39 is 17.3 Å². The number of amides is 2. The first kappa shape index (κ1) is 19.1. The summed E-state index contributed by atoms with van der Waals surface area (Å²) in [5.41, 5.74) is 7.80. The Morgan fingerprint density at radius 2 is 1.19 bits per heavy atom. The average molecular weight is 366 g/mol. The summed E-state index contributed by atoms with van der Waals surface area (Å²) in [5.74, 6) is 9.47. The predicted octanol–water partition coefficient (Wildman–Crippen LogP) is 1.99. The van der Waals surface area contributed by atoms with E-state index in [9.17, 15) is 9.59 Å². The SMILES string of the molecule is CCC(C(=O)NN)C1(C(CC)C(=O)NN)c2ccccc2-c2ccccc21. The van der Waals surface area contributed by atoms with Crippen molar-refractivity contribution in [3.63, 3.8) is 0 Å². The van der Waals surface area contributed by atoms with E-state index in [0.717, 1.165) is 22.3 Å². The van der Waals surface area contributed by atoms with Crippen LogP contribution in [0.3, 0.4) is 0 Å². The molecule has 1 aliphatic carbocycles. The largest absolute Gasteiger partial charge is 0.294 e. The summed E-state index contributed by atoms with van der Waals surface area (Å²) >= 11 is 0. The Morgan fingerprint density at radius 1 is 0.815 bits per heavy atom. The Morgan fingerprint density at radius 3 is 1.52 bits per heavy atom. The molecule has 142 valence electrons. The van der Waals surface area contributed by atoms with Crippen LogP contribution >= 0.6 is 0 Å². The van der Waals surface area contributed by atoms with Gasteiger partial charge in [0, 0.05) is 5.41 Å². The van der Waals surface area contributed by atoms with Gasteiger partial charge >= 0.3 is 0 Å². The maximum absolute atomic E-state index is 12.9. The van der Waals surface area contributed by atoms with Crippen molar-refractivity contribution in [1.29, 1.82) is 0 Å². The van der Waals surface area contributed by atoms with Crippen molar-refractivity contribution in [3.05, 3.63) is 59.7 Å². The lowest BCUT2D eigenvalue weighted by Gasteiger charge is -2.43. The highest BCUT2D eigenvalue weighted by molar-refractivity contribution is 5.92. The summed E-state index contributed by atoms with van der Waals surface area (Å²) in [5, 5.41) is 0. The monoisotopic (exact) mass is 366 g/mol. The van der Waals surface area contributed by atoms with Crippen molar-refractivity contribution in [2.24, 2.45) is 23.5 Å². The van der Waals surface area contributed by atoms with Crippen molar-refractivity contribution >= 4 is 11.8 Å². The molecule has 0 heterocycles. The second-order valence-corrected chi connectivity index (χ2v) is 6.90. The van der Waals surface area contributed by atoms with E-state index in [1.54, 1.807) is 0 Å². The lowest BCUT2D eigenvalue weighted by molar-refractivity contribution is -0.132. The fourth-order valence-corrected chi connectivity index (χ4v) is 4.93. The highest BCUT2D eigenvalue weighted by atomic mass is 16.2. The summed E-state index contributed by atoms with van der Waals surface area (Å²) in [6.07, 6.45) is 1.06. The third kappa shape index (κ3) is 2.64. The molecular weight excluding hydrogens is 340 g/mol. The van der Waals surface area contributed by atoms with Gasteiger partial charge in [-0.1, -0.05) is 62.4 Å². The molecule has 0 spiro atoms. The molecule has 3 rings (SSSR count). The first-order valence-electron chi connectivity index (χ1n) is 9.28. The number of carbonyl (C=O) groups is 2. The van der Waals surface area contributed by atoms with Crippen LogP contribution in [0, 0.1) is 11.8 Å². The molecular formula is C21H26N4O2. The Hall–Kier alpha value is -2.70. The van der Waals surface area contributed by atoms with Crippen LogP contribution < -0.4 is 22.5 Å². The van der Waals surface area contributed by atoms with E-state index in [4.69, 9.17) is 11.7 Å². The molecule has 0 saturated carbocycles. The van der Waals surface area contributed by atoms with Crippen LogP contribution in [0.25, 0.3) is 11.1 Å². The lowest BCUT2D eigenvalue weighted by atomic mass is 9.58. The van der Waals surface area contributed by atoms with Gasteiger partial charge in [-0.15, -0.1) is 0 Å². The van der Waals surface area contributed by atoms with Crippen molar-refractivity contribution in [1.82, 2.24) is 10.9 Å². The number of carbonyl (C=O) groups excluding carboxylic acids is 2. The van der Waals surface area contributed by atoms with Crippen LogP contribution in [0.5, 0.6) is 0 Å². The predicted molar refractivity (Wildman–Crippen MR) is 105 cm³/mol. The third-order valence-electron chi connectivity index (χ3n) is 5.87. The molecule has 0 fully saturated rings. The van der Waals surface area contributed by atoms with Crippen LogP contribution in [0.2, 0.25) is 0 Å². The zero-order chi connectivity index (χ0) is 19.6. The van der Waals surface area contributed by atoms with E-state index in [1.807, 2.05) is 62.4 Å². The minimum Gasteiger partial charge on any atom is -0.294 e. The van der Waals surface area contributed by atoms with E-state index in [2.05, 4.69) is 10.9 Å². The van der Waals surface area contributed by atoms with Crippen molar-refractivity contribution in [3.8, 4) is 11.1 Å². The third-order valence-corrected chi connectivity index (χ3v) is 5.87. The number of hydrogen-bond acceptors (Lipinski definition) is 4. The number of rotatable bonds is 6. The highest BCUT2D eigenvalue weighted by Gasteiger charge is 2.56. The fraction of sp³-hybridized carbons (Fsp3) is 0.333. The quantitative estimate of drug-likeness (QED) is 0.356. The molecule has 0 aromatic heterocycles. The Labute approximate surface area is 159 Å². The Bertz CT molecular complexity index is 793. The normalized spacial score (nSPS) is 16.0. The van der Waals surface area contributed by atoms with E-state index in [0.29, 0.717) is 12.8 Å². The molecule has 2 aromatic carbocycles. The van der Waals surface area contributed by atoms with Crippen LogP contribution in [-0.4, -0.2) is 11.8 Å². The van der Waals surface area contributed by atoms with E-state index in [1.165, 1.54) is 0 Å². The van der Waals surface area contributed by atoms with Gasteiger partial charge in [0.1, 0.15) is 0 Å². The zero-order valence-electron chi connectivity index (χ0n) is 15.7. The minimum atomic E-state index is -0.844.